The lowest BCUT2D eigenvalue weighted by Crippen LogP contribution is -2.47. The fourth-order valence-electron chi connectivity index (χ4n) is 2.00. The van der Waals surface area contributed by atoms with Crippen LogP contribution in [-0.2, 0) is 0 Å². The lowest BCUT2D eigenvalue weighted by Gasteiger charge is -2.35. The van der Waals surface area contributed by atoms with Crippen LogP contribution in [0.3, 0.4) is 0 Å². The number of piperidine rings is 1. The topological polar surface area (TPSA) is 85.3 Å². The van der Waals surface area contributed by atoms with Crippen LogP contribution in [0.1, 0.15) is 13.3 Å². The van der Waals surface area contributed by atoms with Crippen molar-refractivity contribution in [2.45, 2.75) is 19.4 Å². The summed E-state index contributed by atoms with van der Waals surface area (Å²) < 4.78 is 0. The molecule has 0 saturated carbocycles. The molecular weight excluding hydrogens is 220 g/mol. The third kappa shape index (κ3) is 2.52. The van der Waals surface area contributed by atoms with E-state index < -0.39 is 4.92 Å². The number of nitro groups is 1. The highest BCUT2D eigenvalue weighted by molar-refractivity contribution is 5.47. The molecule has 0 spiro atoms. The zero-order valence-electron chi connectivity index (χ0n) is 9.74. The van der Waals surface area contributed by atoms with Crippen LogP contribution in [0.5, 0.6) is 0 Å². The van der Waals surface area contributed by atoms with Crippen molar-refractivity contribution in [1.82, 2.24) is 4.98 Å². The molecular formula is C11H16N4O2. The first-order valence-corrected chi connectivity index (χ1v) is 5.69. The van der Waals surface area contributed by atoms with Crippen molar-refractivity contribution in [3.05, 3.63) is 28.4 Å². The molecule has 2 unspecified atom stereocenters. The molecule has 2 heterocycles. The molecule has 92 valence electrons. The summed E-state index contributed by atoms with van der Waals surface area (Å²) in [7, 11) is 0. The second-order valence-corrected chi connectivity index (χ2v) is 4.51. The molecule has 1 aromatic heterocycles. The third-order valence-corrected chi connectivity index (χ3v) is 3.28. The zero-order valence-corrected chi connectivity index (χ0v) is 9.74. The molecule has 0 amide bonds. The van der Waals surface area contributed by atoms with E-state index in [9.17, 15) is 10.1 Å². The fraction of sp³-hybridized carbons (Fsp3) is 0.545. The molecule has 6 heteroatoms. The van der Waals surface area contributed by atoms with E-state index in [1.54, 1.807) is 0 Å². The quantitative estimate of drug-likeness (QED) is 0.615. The van der Waals surface area contributed by atoms with E-state index in [2.05, 4.69) is 11.9 Å². The minimum absolute atomic E-state index is 0.0715. The minimum Gasteiger partial charge on any atom is -0.355 e. The summed E-state index contributed by atoms with van der Waals surface area (Å²) in [5, 5.41) is 10.7. The fourth-order valence-corrected chi connectivity index (χ4v) is 2.00. The van der Waals surface area contributed by atoms with Crippen LogP contribution < -0.4 is 10.6 Å². The molecule has 1 fully saturated rings. The number of nitrogens with two attached hydrogens (primary N) is 1. The number of anilines is 1. The Morgan fingerprint density at radius 3 is 3.06 bits per heavy atom. The number of pyridine rings is 1. The van der Waals surface area contributed by atoms with Gasteiger partial charge in [0.15, 0.2) is 0 Å². The number of hydrogen-bond acceptors (Lipinski definition) is 5. The third-order valence-electron chi connectivity index (χ3n) is 3.28. The lowest BCUT2D eigenvalue weighted by molar-refractivity contribution is -0.384. The van der Waals surface area contributed by atoms with E-state index >= 15 is 0 Å². The molecule has 2 N–H and O–H groups in total. The molecule has 1 saturated heterocycles. The molecule has 0 aliphatic carbocycles. The maximum atomic E-state index is 10.7. The second kappa shape index (κ2) is 4.67. The molecule has 1 aromatic rings. The van der Waals surface area contributed by atoms with E-state index in [4.69, 9.17) is 5.73 Å². The van der Waals surface area contributed by atoms with E-state index in [0.717, 1.165) is 13.0 Å². The average molecular weight is 236 g/mol. The molecule has 0 aromatic carbocycles. The summed E-state index contributed by atoms with van der Waals surface area (Å²) in [6, 6.07) is 3.00. The van der Waals surface area contributed by atoms with Crippen LogP contribution in [0.4, 0.5) is 11.5 Å². The van der Waals surface area contributed by atoms with Crippen LogP contribution in [0, 0.1) is 16.0 Å². The highest BCUT2D eigenvalue weighted by Crippen LogP contribution is 2.23. The van der Waals surface area contributed by atoms with Gasteiger partial charge in [-0.1, -0.05) is 6.92 Å². The highest BCUT2D eigenvalue weighted by Gasteiger charge is 2.24. The lowest BCUT2D eigenvalue weighted by atomic mass is 9.94. The molecule has 6 nitrogen and oxygen atoms in total. The van der Waals surface area contributed by atoms with E-state index in [-0.39, 0.29) is 11.7 Å². The summed E-state index contributed by atoms with van der Waals surface area (Å²) in [4.78, 5) is 16.5. The number of hydrogen-bond donors (Lipinski definition) is 1. The van der Waals surface area contributed by atoms with Gasteiger partial charge in [0.25, 0.3) is 5.69 Å². The summed E-state index contributed by atoms with van der Waals surface area (Å²) in [5.41, 5.74) is 6.07. The Balaban J connectivity index is 2.17. The SMILES string of the molecule is CC1CCN(c2cc([N+](=O)[O-])ccn2)CC1N. The van der Waals surface area contributed by atoms with Gasteiger partial charge < -0.3 is 10.6 Å². The highest BCUT2D eigenvalue weighted by atomic mass is 16.6. The van der Waals surface area contributed by atoms with E-state index in [1.165, 1.54) is 18.3 Å². The van der Waals surface area contributed by atoms with Crippen molar-refractivity contribution in [3.63, 3.8) is 0 Å². The minimum atomic E-state index is -0.405. The predicted molar refractivity (Wildman–Crippen MR) is 64.9 cm³/mol. The second-order valence-electron chi connectivity index (χ2n) is 4.51. The van der Waals surface area contributed by atoms with Gasteiger partial charge in [0.1, 0.15) is 5.82 Å². The Morgan fingerprint density at radius 1 is 1.65 bits per heavy atom. The van der Waals surface area contributed by atoms with Crippen molar-refractivity contribution in [2.24, 2.45) is 11.7 Å². The van der Waals surface area contributed by atoms with Crippen LogP contribution in [0.2, 0.25) is 0 Å². The van der Waals surface area contributed by atoms with Gasteiger partial charge in [-0.25, -0.2) is 4.98 Å². The largest absolute Gasteiger partial charge is 0.355 e. The molecule has 0 bridgehead atoms. The van der Waals surface area contributed by atoms with Crippen LogP contribution in [0.15, 0.2) is 18.3 Å². The molecule has 0 radical (unpaired) electrons. The normalized spacial score (nSPS) is 24.7. The summed E-state index contributed by atoms with van der Waals surface area (Å²) >= 11 is 0. The van der Waals surface area contributed by atoms with Gasteiger partial charge in [-0.2, -0.15) is 0 Å². The van der Waals surface area contributed by atoms with Crippen molar-refractivity contribution < 1.29 is 4.92 Å². The Hall–Kier alpha value is -1.69. The maximum absolute atomic E-state index is 10.7. The monoisotopic (exact) mass is 236 g/mol. The molecule has 1 aliphatic rings. The first kappa shape index (κ1) is 11.8. The maximum Gasteiger partial charge on any atom is 0.274 e. The standard InChI is InChI=1S/C11H16N4O2/c1-8-3-5-14(7-10(8)12)11-6-9(15(16)17)2-4-13-11/h2,4,6,8,10H,3,5,7,12H2,1H3. The molecule has 17 heavy (non-hydrogen) atoms. The van der Waals surface area contributed by atoms with Gasteiger partial charge in [-0.05, 0) is 12.3 Å². The van der Waals surface area contributed by atoms with Crippen LogP contribution in [0.25, 0.3) is 0 Å². The molecule has 2 rings (SSSR count). The van der Waals surface area contributed by atoms with Gasteiger partial charge in [0.2, 0.25) is 0 Å². The zero-order chi connectivity index (χ0) is 12.4. The Morgan fingerprint density at radius 2 is 2.41 bits per heavy atom. The average Bonchev–Trinajstić information content (AvgIpc) is 2.33. The molecule has 1 aliphatic heterocycles. The van der Waals surface area contributed by atoms with Gasteiger partial charge in [0, 0.05) is 31.4 Å². The van der Waals surface area contributed by atoms with Crippen LogP contribution in [-0.4, -0.2) is 29.0 Å². The van der Waals surface area contributed by atoms with Crippen molar-refractivity contribution in [3.8, 4) is 0 Å². The van der Waals surface area contributed by atoms with E-state index in [1.807, 2.05) is 4.90 Å². The van der Waals surface area contributed by atoms with Gasteiger partial charge in [-0.15, -0.1) is 0 Å². The molecule has 2 atom stereocenters. The summed E-state index contributed by atoms with van der Waals surface area (Å²) in [6.07, 6.45) is 2.46. The number of nitrogens with zero attached hydrogens (tertiary/aromatic N) is 3. The smallest absolute Gasteiger partial charge is 0.274 e. The number of rotatable bonds is 2. The Kier molecular flexibility index (Phi) is 3.23. The van der Waals surface area contributed by atoms with Crippen LogP contribution >= 0.6 is 0 Å². The summed E-state index contributed by atoms with van der Waals surface area (Å²) in [6.45, 7) is 3.68. The Bertz CT molecular complexity index is 424. The van der Waals surface area contributed by atoms with Gasteiger partial charge in [-0.3, -0.25) is 10.1 Å². The first-order chi connectivity index (χ1) is 8.08. The Labute approximate surface area is 99.6 Å². The first-order valence-electron chi connectivity index (χ1n) is 5.69. The summed E-state index contributed by atoms with van der Waals surface area (Å²) in [5.74, 6) is 1.13. The van der Waals surface area contributed by atoms with Crippen molar-refractivity contribution >= 4 is 11.5 Å². The number of aromatic nitrogens is 1. The predicted octanol–water partition coefficient (Wildman–Crippen LogP) is 1.16. The van der Waals surface area contributed by atoms with E-state index in [0.29, 0.717) is 18.3 Å². The van der Waals surface area contributed by atoms with Crippen molar-refractivity contribution in [2.75, 3.05) is 18.0 Å². The van der Waals surface area contributed by atoms with Gasteiger partial charge >= 0.3 is 0 Å². The van der Waals surface area contributed by atoms with Crippen molar-refractivity contribution in [1.29, 1.82) is 0 Å². The van der Waals surface area contributed by atoms with Gasteiger partial charge in [0.05, 0.1) is 11.0 Å².